The van der Waals surface area contributed by atoms with Crippen LogP contribution in [0.25, 0.3) is 0 Å². The Morgan fingerprint density at radius 2 is 1.92 bits per heavy atom. The van der Waals surface area contributed by atoms with E-state index in [-0.39, 0.29) is 23.0 Å². The van der Waals surface area contributed by atoms with Crippen molar-refractivity contribution in [3.63, 3.8) is 0 Å². The lowest BCUT2D eigenvalue weighted by atomic mass is 9.86. The van der Waals surface area contributed by atoms with E-state index < -0.39 is 6.10 Å². The van der Waals surface area contributed by atoms with Gasteiger partial charge in [0.25, 0.3) is 5.91 Å². The summed E-state index contributed by atoms with van der Waals surface area (Å²) < 4.78 is 6.10. The molecule has 1 aromatic carbocycles. The van der Waals surface area contributed by atoms with Crippen LogP contribution in [0.4, 0.5) is 0 Å². The number of ether oxygens (including phenoxy) is 1. The Bertz CT molecular complexity index is 575. The number of benzene rings is 1. The van der Waals surface area contributed by atoms with Gasteiger partial charge in [0.15, 0.2) is 0 Å². The molecule has 1 heterocycles. The third-order valence-electron chi connectivity index (χ3n) is 4.54. The Kier molecular flexibility index (Phi) is 5.51. The average Bonchev–Trinajstić information content (AvgIpc) is 2.70. The van der Waals surface area contributed by atoms with Crippen LogP contribution in [0, 0.1) is 5.41 Å². The summed E-state index contributed by atoms with van der Waals surface area (Å²) in [5, 5.41) is 3.44. The quantitative estimate of drug-likeness (QED) is 0.814. The molecule has 1 fully saturated rings. The van der Waals surface area contributed by atoms with E-state index >= 15 is 0 Å². The third-order valence-corrected chi connectivity index (χ3v) is 4.54. The lowest BCUT2D eigenvalue weighted by Gasteiger charge is -2.40. The number of rotatable bonds is 6. The van der Waals surface area contributed by atoms with E-state index in [4.69, 9.17) is 4.74 Å². The van der Waals surface area contributed by atoms with E-state index in [1.807, 2.05) is 41.3 Å². The number of hydrogen-bond acceptors (Lipinski definition) is 3. The van der Waals surface area contributed by atoms with E-state index in [0.29, 0.717) is 13.2 Å². The minimum absolute atomic E-state index is 0.0463. The number of carbonyl (C=O) groups excluding carboxylic acids is 1. The molecule has 0 saturated carbocycles. The van der Waals surface area contributed by atoms with Crippen LogP contribution in [-0.2, 0) is 16.1 Å². The van der Waals surface area contributed by atoms with Crippen LogP contribution in [0.3, 0.4) is 0 Å². The van der Waals surface area contributed by atoms with Gasteiger partial charge in [-0.15, -0.1) is 6.58 Å². The number of likely N-dealkylation sites (tertiary alicyclic amines) is 1. The Morgan fingerprint density at radius 3 is 2.46 bits per heavy atom. The molecule has 132 valence electrons. The van der Waals surface area contributed by atoms with Crippen molar-refractivity contribution in [1.82, 2.24) is 10.2 Å². The molecule has 0 aliphatic carbocycles. The predicted molar refractivity (Wildman–Crippen MR) is 97.4 cm³/mol. The fourth-order valence-electron chi connectivity index (χ4n) is 3.35. The van der Waals surface area contributed by atoms with Gasteiger partial charge in [-0.2, -0.15) is 0 Å². The first kappa shape index (κ1) is 18.7. The zero-order chi connectivity index (χ0) is 18.0. The first-order valence-corrected chi connectivity index (χ1v) is 8.52. The highest BCUT2D eigenvalue weighted by Gasteiger charge is 2.57. The summed E-state index contributed by atoms with van der Waals surface area (Å²) in [5.41, 5.74) is 0.450. The van der Waals surface area contributed by atoms with Gasteiger partial charge in [-0.05, 0) is 26.3 Å². The van der Waals surface area contributed by atoms with Crippen LogP contribution >= 0.6 is 0 Å². The van der Waals surface area contributed by atoms with E-state index in [1.165, 1.54) is 0 Å². The highest BCUT2D eigenvalue weighted by Crippen LogP contribution is 2.41. The van der Waals surface area contributed by atoms with Crippen molar-refractivity contribution in [2.24, 2.45) is 5.41 Å². The van der Waals surface area contributed by atoms with Crippen molar-refractivity contribution < 1.29 is 9.53 Å². The molecule has 1 saturated heterocycles. The van der Waals surface area contributed by atoms with Gasteiger partial charge < -0.3 is 9.64 Å². The molecule has 1 aliphatic heterocycles. The molecular formula is C20H30N2O2. The second-order valence-corrected chi connectivity index (χ2v) is 7.98. The zero-order valence-electron chi connectivity index (χ0n) is 15.5. The first-order chi connectivity index (χ1) is 11.2. The normalized spacial score (nSPS) is 23.5. The van der Waals surface area contributed by atoms with Crippen molar-refractivity contribution in [2.45, 2.75) is 59.0 Å². The molecule has 4 heteroatoms. The molecule has 4 nitrogen and oxygen atoms in total. The van der Waals surface area contributed by atoms with Crippen LogP contribution in [0.5, 0.6) is 0 Å². The SMILES string of the molecule is C=CCN[C@@H]1N(C(C)(C)C)C(=O)[C@@H](OCc2ccccc2)C1(C)C. The summed E-state index contributed by atoms with van der Waals surface area (Å²) in [4.78, 5) is 15.0. The monoisotopic (exact) mass is 330 g/mol. The maximum absolute atomic E-state index is 13.1. The van der Waals surface area contributed by atoms with Gasteiger partial charge in [0.05, 0.1) is 12.8 Å². The van der Waals surface area contributed by atoms with Crippen molar-refractivity contribution in [2.75, 3.05) is 6.54 Å². The largest absolute Gasteiger partial charge is 0.363 e. The minimum atomic E-state index is -0.473. The first-order valence-electron chi connectivity index (χ1n) is 8.52. The van der Waals surface area contributed by atoms with Gasteiger partial charge in [0.1, 0.15) is 6.10 Å². The molecule has 0 unspecified atom stereocenters. The van der Waals surface area contributed by atoms with Crippen molar-refractivity contribution in [3.05, 3.63) is 48.6 Å². The summed E-state index contributed by atoms with van der Waals surface area (Å²) in [6.07, 6.45) is 1.25. The highest BCUT2D eigenvalue weighted by molar-refractivity contribution is 5.85. The Balaban J connectivity index is 2.23. The standard InChI is InChI=1S/C20H30N2O2/c1-7-13-21-18-20(5,6)16(17(23)22(18)19(2,3)4)24-14-15-11-9-8-10-12-15/h7-12,16,18,21H,1,13-14H2,2-6H3/t16-,18-/m1/s1. The van der Waals surface area contributed by atoms with E-state index in [0.717, 1.165) is 5.56 Å². The van der Waals surface area contributed by atoms with Crippen molar-refractivity contribution >= 4 is 5.91 Å². The molecule has 0 bridgehead atoms. The van der Waals surface area contributed by atoms with Crippen molar-refractivity contribution in [3.8, 4) is 0 Å². The summed E-state index contributed by atoms with van der Waals surface area (Å²) in [6.45, 7) is 15.2. The fraction of sp³-hybridized carbons (Fsp3) is 0.550. The lowest BCUT2D eigenvalue weighted by Crippen LogP contribution is -2.56. The second kappa shape index (κ2) is 7.08. The molecule has 24 heavy (non-hydrogen) atoms. The van der Waals surface area contributed by atoms with Gasteiger partial charge in [-0.1, -0.05) is 50.3 Å². The van der Waals surface area contributed by atoms with Crippen LogP contribution in [0.2, 0.25) is 0 Å². The number of hydrogen-bond donors (Lipinski definition) is 1. The minimum Gasteiger partial charge on any atom is -0.363 e. The van der Waals surface area contributed by atoms with E-state index in [9.17, 15) is 4.79 Å². The Labute approximate surface area is 145 Å². The van der Waals surface area contributed by atoms with Crippen LogP contribution in [0.1, 0.15) is 40.2 Å². The Hall–Kier alpha value is -1.65. The number of nitrogens with zero attached hydrogens (tertiary/aromatic N) is 1. The molecule has 1 amide bonds. The fourth-order valence-corrected chi connectivity index (χ4v) is 3.35. The van der Waals surface area contributed by atoms with Crippen LogP contribution < -0.4 is 5.32 Å². The van der Waals surface area contributed by atoms with Gasteiger partial charge in [-0.25, -0.2) is 0 Å². The van der Waals surface area contributed by atoms with E-state index in [1.54, 1.807) is 0 Å². The molecule has 2 atom stereocenters. The summed E-state index contributed by atoms with van der Waals surface area (Å²) >= 11 is 0. The maximum Gasteiger partial charge on any atom is 0.254 e. The highest BCUT2D eigenvalue weighted by atomic mass is 16.5. The number of amides is 1. The van der Waals surface area contributed by atoms with Crippen LogP contribution in [-0.4, -0.2) is 35.2 Å². The Morgan fingerprint density at radius 1 is 1.29 bits per heavy atom. The maximum atomic E-state index is 13.1. The second-order valence-electron chi connectivity index (χ2n) is 7.98. The summed E-state index contributed by atoms with van der Waals surface area (Å²) in [5.74, 6) is 0.0463. The lowest BCUT2D eigenvalue weighted by molar-refractivity contribution is -0.144. The summed E-state index contributed by atoms with van der Waals surface area (Å²) in [6, 6.07) is 9.97. The molecule has 0 radical (unpaired) electrons. The van der Waals surface area contributed by atoms with Gasteiger partial charge in [0.2, 0.25) is 0 Å². The average molecular weight is 330 g/mol. The summed E-state index contributed by atoms with van der Waals surface area (Å²) in [7, 11) is 0. The van der Waals surface area contributed by atoms with Gasteiger partial charge >= 0.3 is 0 Å². The predicted octanol–water partition coefficient (Wildman–Crippen LogP) is 3.34. The smallest absolute Gasteiger partial charge is 0.254 e. The van der Waals surface area contributed by atoms with Gasteiger partial charge in [-0.3, -0.25) is 10.1 Å². The van der Waals surface area contributed by atoms with Gasteiger partial charge in [0, 0.05) is 17.5 Å². The van der Waals surface area contributed by atoms with Crippen molar-refractivity contribution in [1.29, 1.82) is 0 Å². The number of carbonyl (C=O) groups is 1. The zero-order valence-corrected chi connectivity index (χ0v) is 15.5. The topological polar surface area (TPSA) is 41.6 Å². The molecule has 1 N–H and O–H groups in total. The molecular weight excluding hydrogens is 300 g/mol. The molecule has 0 spiro atoms. The molecule has 2 rings (SSSR count). The molecule has 1 aromatic rings. The van der Waals surface area contributed by atoms with Crippen LogP contribution in [0.15, 0.2) is 43.0 Å². The number of nitrogens with one attached hydrogen (secondary N) is 1. The van der Waals surface area contributed by atoms with E-state index in [2.05, 4.69) is 46.5 Å². The molecule has 1 aliphatic rings. The molecule has 0 aromatic heterocycles. The third kappa shape index (κ3) is 3.70.